The van der Waals surface area contributed by atoms with Crippen LogP contribution >= 0.6 is 23.2 Å². The Labute approximate surface area is 133 Å². The van der Waals surface area contributed by atoms with Gasteiger partial charge in [0.2, 0.25) is 0 Å². The molecule has 0 aliphatic heterocycles. The summed E-state index contributed by atoms with van der Waals surface area (Å²) in [6.07, 6.45) is 0. The third-order valence-electron chi connectivity index (χ3n) is 3.39. The van der Waals surface area contributed by atoms with Crippen molar-refractivity contribution in [3.63, 3.8) is 0 Å². The van der Waals surface area contributed by atoms with Crippen molar-refractivity contribution in [3.8, 4) is 11.4 Å². The van der Waals surface area contributed by atoms with Gasteiger partial charge in [-0.05, 0) is 36.8 Å². The van der Waals surface area contributed by atoms with E-state index in [4.69, 9.17) is 27.9 Å². The number of hydrogen-bond acceptors (Lipinski definition) is 2. The molecule has 0 fully saturated rings. The summed E-state index contributed by atoms with van der Waals surface area (Å²) < 4.78 is 7.28. The van der Waals surface area contributed by atoms with E-state index < -0.39 is 0 Å². The van der Waals surface area contributed by atoms with E-state index in [1.54, 1.807) is 7.11 Å². The molecule has 0 N–H and O–H groups in total. The number of aryl methyl sites for hydroxylation is 1. The average Bonchev–Trinajstić information content (AvgIpc) is 2.84. The second-order valence-corrected chi connectivity index (χ2v) is 5.48. The zero-order valence-corrected chi connectivity index (χ0v) is 13.2. The molecule has 0 aliphatic rings. The van der Waals surface area contributed by atoms with Gasteiger partial charge in [-0.2, -0.15) is 0 Å². The first-order valence-corrected chi connectivity index (χ1v) is 7.43. The number of fused-ring (bicyclic) bond motifs is 1. The van der Waals surface area contributed by atoms with Crippen molar-refractivity contribution in [2.75, 3.05) is 7.11 Å². The van der Waals surface area contributed by atoms with Crippen molar-refractivity contribution in [1.82, 2.24) is 9.55 Å². The Bertz CT molecular complexity index is 811. The summed E-state index contributed by atoms with van der Waals surface area (Å²) >= 11 is 12.5. The summed E-state index contributed by atoms with van der Waals surface area (Å²) in [7, 11) is 1.64. The van der Waals surface area contributed by atoms with Crippen LogP contribution in [-0.2, 0) is 5.88 Å². The van der Waals surface area contributed by atoms with Gasteiger partial charge in [0.05, 0.1) is 34.7 Å². The lowest BCUT2D eigenvalue weighted by molar-refractivity contribution is 0.415. The van der Waals surface area contributed by atoms with Crippen molar-refractivity contribution >= 4 is 34.2 Å². The van der Waals surface area contributed by atoms with Gasteiger partial charge < -0.3 is 4.74 Å². The van der Waals surface area contributed by atoms with Crippen LogP contribution < -0.4 is 4.74 Å². The fraction of sp³-hybridized carbons (Fsp3) is 0.188. The maximum absolute atomic E-state index is 6.40. The number of nitrogens with zero attached hydrogens (tertiary/aromatic N) is 2. The molecule has 1 heterocycles. The summed E-state index contributed by atoms with van der Waals surface area (Å²) in [6, 6.07) is 11.7. The molecule has 0 bridgehead atoms. The number of imidazole rings is 1. The maximum atomic E-state index is 6.40. The summed E-state index contributed by atoms with van der Waals surface area (Å²) in [5.41, 5.74) is 3.77. The SMILES string of the molecule is COc1ccc2nc(CCl)n(-c3ccc(C)cc3Cl)c2c1. The minimum atomic E-state index is 0.307. The van der Waals surface area contributed by atoms with Crippen LogP contribution in [-0.4, -0.2) is 16.7 Å². The minimum absolute atomic E-state index is 0.307. The van der Waals surface area contributed by atoms with Gasteiger partial charge in [0.15, 0.2) is 0 Å². The molecule has 0 aliphatic carbocycles. The second kappa shape index (κ2) is 5.58. The van der Waals surface area contributed by atoms with Crippen LogP contribution in [0.4, 0.5) is 0 Å². The molecular formula is C16H14Cl2N2O. The van der Waals surface area contributed by atoms with E-state index >= 15 is 0 Å². The third-order valence-corrected chi connectivity index (χ3v) is 3.94. The zero-order chi connectivity index (χ0) is 15.0. The third kappa shape index (κ3) is 2.47. The molecule has 3 nitrogen and oxygen atoms in total. The summed E-state index contributed by atoms with van der Waals surface area (Å²) in [6.45, 7) is 2.01. The molecule has 0 spiro atoms. The first-order chi connectivity index (χ1) is 10.1. The molecule has 21 heavy (non-hydrogen) atoms. The Kier molecular flexibility index (Phi) is 3.79. The van der Waals surface area contributed by atoms with Gasteiger partial charge in [-0.1, -0.05) is 17.7 Å². The van der Waals surface area contributed by atoms with Crippen LogP contribution in [0.3, 0.4) is 0 Å². The molecule has 0 atom stereocenters. The van der Waals surface area contributed by atoms with E-state index in [2.05, 4.69) is 4.98 Å². The maximum Gasteiger partial charge on any atom is 0.129 e. The highest BCUT2D eigenvalue weighted by Crippen LogP contribution is 2.30. The van der Waals surface area contributed by atoms with Crippen molar-refractivity contribution in [2.45, 2.75) is 12.8 Å². The number of hydrogen-bond donors (Lipinski definition) is 0. The fourth-order valence-electron chi connectivity index (χ4n) is 2.38. The molecule has 0 saturated carbocycles. The number of benzene rings is 2. The van der Waals surface area contributed by atoms with Gasteiger partial charge in [-0.3, -0.25) is 4.57 Å². The van der Waals surface area contributed by atoms with E-state index in [1.165, 1.54) is 0 Å². The first-order valence-electron chi connectivity index (χ1n) is 6.52. The van der Waals surface area contributed by atoms with E-state index in [9.17, 15) is 0 Å². The van der Waals surface area contributed by atoms with Crippen LogP contribution in [0.25, 0.3) is 16.7 Å². The Morgan fingerprint density at radius 2 is 2.00 bits per heavy atom. The average molecular weight is 321 g/mol. The predicted molar refractivity (Wildman–Crippen MR) is 86.9 cm³/mol. The topological polar surface area (TPSA) is 27.1 Å². The Morgan fingerprint density at radius 1 is 1.19 bits per heavy atom. The van der Waals surface area contributed by atoms with Crippen LogP contribution in [0.5, 0.6) is 5.75 Å². The number of rotatable bonds is 3. The molecule has 1 aromatic heterocycles. The zero-order valence-electron chi connectivity index (χ0n) is 11.7. The van der Waals surface area contributed by atoms with Crippen LogP contribution in [0.2, 0.25) is 5.02 Å². The molecule has 0 saturated heterocycles. The van der Waals surface area contributed by atoms with E-state index in [0.717, 1.165) is 33.9 Å². The summed E-state index contributed by atoms with van der Waals surface area (Å²) in [4.78, 5) is 4.56. The van der Waals surface area contributed by atoms with Crippen molar-refractivity contribution in [3.05, 3.63) is 52.8 Å². The van der Waals surface area contributed by atoms with Crippen molar-refractivity contribution < 1.29 is 4.74 Å². The lowest BCUT2D eigenvalue weighted by atomic mass is 10.2. The molecule has 0 radical (unpaired) electrons. The van der Waals surface area contributed by atoms with Gasteiger partial charge >= 0.3 is 0 Å². The van der Waals surface area contributed by atoms with E-state index in [1.807, 2.05) is 47.9 Å². The molecule has 3 aromatic rings. The number of halogens is 2. The molecule has 0 unspecified atom stereocenters. The summed E-state index contributed by atoms with van der Waals surface area (Å²) in [5.74, 6) is 1.83. The highest BCUT2D eigenvalue weighted by molar-refractivity contribution is 6.32. The van der Waals surface area contributed by atoms with Gasteiger partial charge in [-0.15, -0.1) is 11.6 Å². The quantitative estimate of drug-likeness (QED) is 0.652. The fourth-order valence-corrected chi connectivity index (χ4v) is 2.88. The molecule has 5 heteroatoms. The van der Waals surface area contributed by atoms with Gasteiger partial charge in [0, 0.05) is 6.07 Å². The normalized spacial score (nSPS) is 11.0. The summed E-state index contributed by atoms with van der Waals surface area (Å²) in [5, 5.41) is 0.670. The molecule has 0 amide bonds. The predicted octanol–water partition coefficient (Wildman–Crippen LogP) is 4.73. The number of aromatic nitrogens is 2. The van der Waals surface area contributed by atoms with Gasteiger partial charge in [0.25, 0.3) is 0 Å². The lowest BCUT2D eigenvalue weighted by Gasteiger charge is -2.11. The van der Waals surface area contributed by atoms with Crippen LogP contribution in [0.1, 0.15) is 11.4 Å². The number of alkyl halides is 1. The van der Waals surface area contributed by atoms with Crippen molar-refractivity contribution in [2.24, 2.45) is 0 Å². The highest BCUT2D eigenvalue weighted by atomic mass is 35.5. The Hall–Kier alpha value is -1.71. The molecule has 2 aromatic carbocycles. The highest BCUT2D eigenvalue weighted by Gasteiger charge is 2.14. The molecule has 108 valence electrons. The first kappa shape index (κ1) is 14.2. The number of methoxy groups -OCH3 is 1. The van der Waals surface area contributed by atoms with Crippen molar-refractivity contribution in [1.29, 1.82) is 0 Å². The van der Waals surface area contributed by atoms with E-state index in [-0.39, 0.29) is 0 Å². The monoisotopic (exact) mass is 320 g/mol. The Morgan fingerprint density at radius 3 is 2.67 bits per heavy atom. The van der Waals surface area contributed by atoms with Crippen LogP contribution in [0, 0.1) is 6.92 Å². The Balaban J connectivity index is 2.33. The van der Waals surface area contributed by atoms with E-state index in [0.29, 0.717) is 10.9 Å². The largest absolute Gasteiger partial charge is 0.497 e. The smallest absolute Gasteiger partial charge is 0.129 e. The lowest BCUT2D eigenvalue weighted by Crippen LogP contribution is -2.00. The number of ether oxygens (including phenoxy) is 1. The van der Waals surface area contributed by atoms with Gasteiger partial charge in [-0.25, -0.2) is 4.98 Å². The minimum Gasteiger partial charge on any atom is -0.497 e. The molecular weight excluding hydrogens is 307 g/mol. The second-order valence-electron chi connectivity index (χ2n) is 4.81. The van der Waals surface area contributed by atoms with Gasteiger partial charge in [0.1, 0.15) is 11.6 Å². The molecule has 3 rings (SSSR count). The van der Waals surface area contributed by atoms with Crippen LogP contribution in [0.15, 0.2) is 36.4 Å². The standard InChI is InChI=1S/C16H14Cl2N2O/c1-10-3-6-14(12(18)7-10)20-15-8-11(21-2)4-5-13(15)19-16(20)9-17/h3-8H,9H2,1-2H3.